The topological polar surface area (TPSA) is 43.4 Å². The zero-order valence-corrected chi connectivity index (χ0v) is 10.6. The molecule has 0 saturated heterocycles. The molecule has 0 aromatic carbocycles. The molecule has 0 heterocycles. The summed E-state index contributed by atoms with van der Waals surface area (Å²) in [6.07, 6.45) is 3.31. The van der Waals surface area contributed by atoms with Gasteiger partial charge in [0.25, 0.3) is 10.1 Å². The van der Waals surface area contributed by atoms with Crippen LogP contribution in [0.3, 0.4) is 0 Å². The smallest absolute Gasteiger partial charge is 0.270 e. The van der Waals surface area contributed by atoms with Crippen molar-refractivity contribution in [3.05, 3.63) is 0 Å². The summed E-state index contributed by atoms with van der Waals surface area (Å²) >= 11 is -0.0255. The van der Waals surface area contributed by atoms with E-state index < -0.39 is 15.6 Å². The van der Waals surface area contributed by atoms with E-state index in [-0.39, 0.29) is 24.1 Å². The fourth-order valence-electron chi connectivity index (χ4n) is 0.956. The highest BCUT2D eigenvalue weighted by Gasteiger charge is 2.27. The lowest BCUT2D eigenvalue weighted by Crippen LogP contribution is -2.04. The molecule has 8 heteroatoms. The Hall–Kier alpha value is 0.0500. The van der Waals surface area contributed by atoms with Gasteiger partial charge in [0.05, 0.1) is 12.9 Å². The molecule has 0 saturated carbocycles. The van der Waals surface area contributed by atoms with Crippen LogP contribution in [-0.2, 0) is 14.3 Å². The Morgan fingerprint density at radius 1 is 1.12 bits per heavy atom. The summed E-state index contributed by atoms with van der Waals surface area (Å²) in [7, 11) is -3.39. The van der Waals surface area contributed by atoms with Gasteiger partial charge in [-0.1, -0.05) is 24.6 Å². The minimum absolute atomic E-state index is 0.0255. The minimum Gasteiger partial charge on any atom is -0.270 e. The Labute approximate surface area is 97.9 Å². The lowest BCUT2D eigenvalue weighted by atomic mass is 10.2. The van der Waals surface area contributed by atoms with E-state index in [1.54, 1.807) is 0 Å². The van der Waals surface area contributed by atoms with Crippen LogP contribution in [0.4, 0.5) is 13.2 Å². The molecule has 0 aliphatic heterocycles. The maximum atomic E-state index is 11.7. The van der Waals surface area contributed by atoms with Gasteiger partial charge in [-0.25, -0.2) is 0 Å². The van der Waals surface area contributed by atoms with Crippen molar-refractivity contribution in [3.63, 3.8) is 0 Å². The van der Waals surface area contributed by atoms with Crippen LogP contribution < -0.4 is 0 Å². The van der Waals surface area contributed by atoms with Crippen LogP contribution in [0.5, 0.6) is 0 Å². The van der Waals surface area contributed by atoms with E-state index in [4.69, 9.17) is 0 Å². The molecule has 0 aliphatic rings. The van der Waals surface area contributed by atoms with Gasteiger partial charge in [0, 0.05) is 5.75 Å². The number of hydrogen-bond donors (Lipinski definition) is 0. The van der Waals surface area contributed by atoms with Crippen LogP contribution in [-0.4, -0.2) is 32.5 Å². The minimum atomic E-state index is -4.15. The highest BCUT2D eigenvalue weighted by molar-refractivity contribution is 8.00. The zero-order valence-electron chi connectivity index (χ0n) is 8.92. The molecule has 0 aliphatic carbocycles. The summed E-state index contributed by atoms with van der Waals surface area (Å²) in [5, 5.41) is 0. The van der Waals surface area contributed by atoms with E-state index in [0.29, 0.717) is 25.7 Å². The number of alkyl halides is 3. The highest BCUT2D eigenvalue weighted by Crippen LogP contribution is 2.30. The van der Waals surface area contributed by atoms with Gasteiger partial charge in [-0.2, -0.15) is 21.6 Å². The molecule has 0 atom stereocenters. The predicted molar refractivity (Wildman–Crippen MR) is 57.8 cm³/mol. The largest absolute Gasteiger partial charge is 0.441 e. The number of thioether (sulfide) groups is 1. The van der Waals surface area contributed by atoms with Crippen LogP contribution >= 0.6 is 11.8 Å². The maximum absolute atomic E-state index is 11.7. The van der Waals surface area contributed by atoms with Gasteiger partial charge in [0.2, 0.25) is 0 Å². The summed E-state index contributed by atoms with van der Waals surface area (Å²) < 4.78 is 60.6. The van der Waals surface area contributed by atoms with Crippen molar-refractivity contribution in [2.24, 2.45) is 0 Å². The Morgan fingerprint density at radius 2 is 1.69 bits per heavy atom. The molecule has 0 aromatic heterocycles. The summed E-state index contributed by atoms with van der Waals surface area (Å²) in [6.45, 7) is 0.102. The van der Waals surface area contributed by atoms with Gasteiger partial charge < -0.3 is 0 Å². The average Bonchev–Trinajstić information content (AvgIpc) is 2.06. The van der Waals surface area contributed by atoms with Gasteiger partial charge in [-0.05, 0) is 12.8 Å². The van der Waals surface area contributed by atoms with E-state index in [0.717, 1.165) is 6.26 Å². The molecule has 3 nitrogen and oxygen atoms in total. The molecule has 0 amide bonds. The first-order chi connectivity index (χ1) is 7.21. The Kier molecular flexibility index (Phi) is 7.41. The van der Waals surface area contributed by atoms with Crippen LogP contribution in [0.1, 0.15) is 25.7 Å². The van der Waals surface area contributed by atoms with Gasteiger partial charge in [-0.15, -0.1) is 0 Å². The number of unbranched alkanes of at least 4 members (excludes halogenated alkanes) is 3. The Balaban J connectivity index is 3.23. The fourth-order valence-corrected chi connectivity index (χ4v) is 1.96. The SMILES string of the molecule is CS(=O)(=O)OCCCCCCSC(F)(F)F. The van der Waals surface area contributed by atoms with Crippen LogP contribution in [0.2, 0.25) is 0 Å². The molecule has 0 N–H and O–H groups in total. The summed E-state index contributed by atoms with van der Waals surface area (Å²) in [5.74, 6) is 0.0520. The van der Waals surface area contributed by atoms with Crippen molar-refractivity contribution >= 4 is 21.9 Å². The van der Waals surface area contributed by atoms with E-state index in [9.17, 15) is 21.6 Å². The van der Waals surface area contributed by atoms with E-state index in [1.165, 1.54) is 0 Å². The molecule has 0 radical (unpaired) electrons. The predicted octanol–water partition coefficient (Wildman–Crippen LogP) is 2.78. The van der Waals surface area contributed by atoms with Gasteiger partial charge >= 0.3 is 5.51 Å². The molecular weight excluding hydrogens is 265 g/mol. The van der Waals surface area contributed by atoms with E-state index >= 15 is 0 Å². The lowest BCUT2D eigenvalue weighted by Gasteiger charge is -2.05. The second-order valence-electron chi connectivity index (χ2n) is 3.23. The standard InChI is InChI=1S/C8H15F3O3S2/c1-16(12,13)14-6-4-2-3-5-7-15-8(9,10)11/h2-7H2,1H3. The first kappa shape index (κ1) is 16.1. The van der Waals surface area contributed by atoms with Crippen LogP contribution in [0, 0.1) is 0 Å². The van der Waals surface area contributed by atoms with Gasteiger partial charge in [-0.3, -0.25) is 4.18 Å². The number of hydrogen-bond acceptors (Lipinski definition) is 4. The second-order valence-corrected chi connectivity index (χ2v) is 6.04. The van der Waals surface area contributed by atoms with E-state index in [1.807, 2.05) is 0 Å². The van der Waals surface area contributed by atoms with Crippen molar-refractivity contribution in [2.45, 2.75) is 31.2 Å². The Bertz CT molecular complexity index is 275. The summed E-state index contributed by atoms with van der Waals surface area (Å²) in [6, 6.07) is 0. The molecule has 0 aromatic rings. The third-order valence-corrected chi connectivity index (χ3v) is 3.02. The molecule has 0 spiro atoms. The van der Waals surface area contributed by atoms with Crippen LogP contribution in [0.25, 0.3) is 0 Å². The molecule has 16 heavy (non-hydrogen) atoms. The fraction of sp³-hybridized carbons (Fsp3) is 1.00. The quantitative estimate of drug-likeness (QED) is 0.506. The molecule has 0 rings (SSSR count). The Morgan fingerprint density at radius 3 is 2.19 bits per heavy atom. The van der Waals surface area contributed by atoms with Crippen molar-refractivity contribution < 1.29 is 25.8 Å². The monoisotopic (exact) mass is 280 g/mol. The summed E-state index contributed by atoms with van der Waals surface area (Å²) in [4.78, 5) is 0. The second kappa shape index (κ2) is 7.39. The summed E-state index contributed by atoms with van der Waals surface area (Å²) in [5.41, 5.74) is -4.15. The molecule has 0 bridgehead atoms. The average molecular weight is 280 g/mol. The third-order valence-electron chi connectivity index (χ3n) is 1.60. The molecule has 0 unspecified atom stereocenters. The molecule has 98 valence electrons. The highest BCUT2D eigenvalue weighted by atomic mass is 32.2. The van der Waals surface area contributed by atoms with Crippen molar-refractivity contribution in [3.8, 4) is 0 Å². The number of halogens is 3. The zero-order chi connectivity index (χ0) is 12.7. The van der Waals surface area contributed by atoms with Crippen molar-refractivity contribution in [1.82, 2.24) is 0 Å². The first-order valence-corrected chi connectivity index (χ1v) is 7.56. The third kappa shape index (κ3) is 14.1. The van der Waals surface area contributed by atoms with Crippen molar-refractivity contribution in [2.75, 3.05) is 18.6 Å². The van der Waals surface area contributed by atoms with Crippen LogP contribution in [0.15, 0.2) is 0 Å². The van der Waals surface area contributed by atoms with Crippen molar-refractivity contribution in [1.29, 1.82) is 0 Å². The lowest BCUT2D eigenvalue weighted by molar-refractivity contribution is -0.0328. The number of rotatable bonds is 8. The molecular formula is C8H15F3O3S2. The van der Waals surface area contributed by atoms with Gasteiger partial charge in [0.15, 0.2) is 0 Å². The van der Waals surface area contributed by atoms with Gasteiger partial charge in [0.1, 0.15) is 0 Å². The first-order valence-electron chi connectivity index (χ1n) is 4.76. The van der Waals surface area contributed by atoms with E-state index in [2.05, 4.69) is 4.18 Å². The molecule has 0 fully saturated rings. The maximum Gasteiger partial charge on any atom is 0.441 e. The normalized spacial score (nSPS) is 13.0.